The number of pyridine rings is 1. The van der Waals surface area contributed by atoms with Crippen molar-refractivity contribution < 1.29 is 9.53 Å². The maximum Gasteiger partial charge on any atom is 0.319 e. The van der Waals surface area contributed by atoms with Crippen LogP contribution >= 0.6 is 0 Å². The van der Waals surface area contributed by atoms with Gasteiger partial charge in [-0.1, -0.05) is 18.2 Å². The summed E-state index contributed by atoms with van der Waals surface area (Å²) in [5.41, 5.74) is 1.74. The molecule has 0 bridgehead atoms. The Kier molecular flexibility index (Phi) is 3.50. The van der Waals surface area contributed by atoms with Crippen molar-refractivity contribution in [2.45, 2.75) is 12.5 Å². The van der Waals surface area contributed by atoms with E-state index in [2.05, 4.69) is 15.6 Å². The number of urea groups is 1. The minimum absolute atomic E-state index is 0.0261. The zero-order chi connectivity index (χ0) is 13.8. The molecule has 5 nitrogen and oxygen atoms in total. The van der Waals surface area contributed by atoms with Gasteiger partial charge in [-0.2, -0.15) is 0 Å². The molecular weight excluding hydrogens is 254 g/mol. The summed E-state index contributed by atoms with van der Waals surface area (Å²) >= 11 is 0. The molecule has 20 heavy (non-hydrogen) atoms. The molecule has 1 atom stereocenters. The number of hydrogen-bond acceptors (Lipinski definition) is 3. The Morgan fingerprint density at radius 1 is 1.20 bits per heavy atom. The molecule has 5 heteroatoms. The van der Waals surface area contributed by atoms with E-state index < -0.39 is 0 Å². The molecule has 2 amide bonds. The second-order valence-corrected chi connectivity index (χ2v) is 4.56. The van der Waals surface area contributed by atoms with Gasteiger partial charge in [0.05, 0.1) is 12.6 Å². The second-order valence-electron chi connectivity index (χ2n) is 4.56. The minimum Gasteiger partial charge on any atom is -0.493 e. The number of rotatable bonds is 2. The van der Waals surface area contributed by atoms with Crippen molar-refractivity contribution in [1.29, 1.82) is 0 Å². The average Bonchev–Trinajstić information content (AvgIpc) is 2.48. The van der Waals surface area contributed by atoms with Gasteiger partial charge >= 0.3 is 6.03 Å². The zero-order valence-corrected chi connectivity index (χ0v) is 10.9. The van der Waals surface area contributed by atoms with E-state index in [9.17, 15) is 4.79 Å². The lowest BCUT2D eigenvalue weighted by Gasteiger charge is -2.26. The molecule has 0 unspecified atom stereocenters. The van der Waals surface area contributed by atoms with E-state index in [-0.39, 0.29) is 12.1 Å². The topological polar surface area (TPSA) is 63.2 Å². The fraction of sp³-hybridized carbons (Fsp3) is 0.200. The highest BCUT2D eigenvalue weighted by Crippen LogP contribution is 2.31. The van der Waals surface area contributed by atoms with Gasteiger partial charge in [-0.3, -0.25) is 4.98 Å². The van der Waals surface area contributed by atoms with Crippen molar-refractivity contribution in [1.82, 2.24) is 10.3 Å². The third-order valence-electron chi connectivity index (χ3n) is 3.20. The molecule has 0 fully saturated rings. The van der Waals surface area contributed by atoms with E-state index in [0.29, 0.717) is 6.61 Å². The summed E-state index contributed by atoms with van der Waals surface area (Å²) in [7, 11) is 0. The Bertz CT molecular complexity index is 601. The van der Waals surface area contributed by atoms with Crippen molar-refractivity contribution in [3.05, 3.63) is 54.4 Å². The van der Waals surface area contributed by atoms with Crippen LogP contribution in [0.5, 0.6) is 5.75 Å². The zero-order valence-electron chi connectivity index (χ0n) is 10.9. The summed E-state index contributed by atoms with van der Waals surface area (Å²) in [6.45, 7) is 0.608. The standard InChI is InChI=1S/C15H15N3O2/c19-15(17-11-5-8-16-9-6-11)18-13-7-10-20-14-4-2-1-3-12(13)14/h1-6,8-9,13H,7,10H2,(H2,16,17,18,19)/t13-/m1/s1. The van der Waals surface area contributed by atoms with Crippen LogP contribution in [0.3, 0.4) is 0 Å². The van der Waals surface area contributed by atoms with E-state index in [1.54, 1.807) is 24.5 Å². The summed E-state index contributed by atoms with van der Waals surface area (Å²) < 4.78 is 5.57. The lowest BCUT2D eigenvalue weighted by Crippen LogP contribution is -2.35. The van der Waals surface area contributed by atoms with Gasteiger partial charge in [0.15, 0.2) is 0 Å². The highest BCUT2D eigenvalue weighted by atomic mass is 16.5. The molecule has 1 aromatic carbocycles. The predicted molar refractivity (Wildman–Crippen MR) is 75.7 cm³/mol. The van der Waals surface area contributed by atoms with Gasteiger partial charge in [-0.05, 0) is 18.2 Å². The molecule has 1 aliphatic rings. The first kappa shape index (κ1) is 12.5. The summed E-state index contributed by atoms with van der Waals surface area (Å²) in [6.07, 6.45) is 4.04. The normalized spacial score (nSPS) is 16.7. The molecule has 0 radical (unpaired) electrons. The monoisotopic (exact) mass is 269 g/mol. The van der Waals surface area contributed by atoms with E-state index in [1.807, 2.05) is 24.3 Å². The van der Waals surface area contributed by atoms with Crippen molar-refractivity contribution in [2.75, 3.05) is 11.9 Å². The summed E-state index contributed by atoms with van der Waals surface area (Å²) in [4.78, 5) is 15.9. The van der Waals surface area contributed by atoms with Gasteiger partial charge in [-0.25, -0.2) is 4.79 Å². The van der Waals surface area contributed by atoms with Gasteiger partial charge < -0.3 is 15.4 Å². The number of benzene rings is 1. The first-order chi connectivity index (χ1) is 9.83. The Morgan fingerprint density at radius 2 is 2.00 bits per heavy atom. The molecular formula is C15H15N3O2. The summed E-state index contributed by atoms with van der Waals surface area (Å²) in [6, 6.07) is 11.0. The Labute approximate surface area is 117 Å². The van der Waals surface area contributed by atoms with E-state index in [0.717, 1.165) is 23.4 Å². The highest BCUT2D eigenvalue weighted by Gasteiger charge is 2.22. The maximum atomic E-state index is 12.0. The van der Waals surface area contributed by atoms with Gasteiger partial charge in [0.2, 0.25) is 0 Å². The average molecular weight is 269 g/mol. The van der Waals surface area contributed by atoms with Crippen LogP contribution in [0.2, 0.25) is 0 Å². The molecule has 0 saturated heterocycles. The molecule has 1 aliphatic heterocycles. The number of hydrogen-bond donors (Lipinski definition) is 2. The maximum absolute atomic E-state index is 12.0. The van der Waals surface area contributed by atoms with Crippen LogP contribution in [0.25, 0.3) is 0 Å². The Balaban J connectivity index is 1.68. The molecule has 102 valence electrons. The number of amides is 2. The van der Waals surface area contributed by atoms with E-state index in [1.165, 1.54) is 0 Å². The molecule has 2 N–H and O–H groups in total. The number of aromatic nitrogens is 1. The molecule has 0 spiro atoms. The van der Waals surface area contributed by atoms with Crippen LogP contribution in [0, 0.1) is 0 Å². The number of carbonyl (C=O) groups excluding carboxylic acids is 1. The SMILES string of the molecule is O=C(Nc1ccncc1)N[C@@H]1CCOc2ccccc21. The van der Waals surface area contributed by atoms with Crippen molar-refractivity contribution in [3.8, 4) is 5.75 Å². The number of carbonyl (C=O) groups is 1. The third kappa shape index (κ3) is 2.71. The number of fused-ring (bicyclic) bond motifs is 1. The molecule has 0 aliphatic carbocycles. The molecule has 2 heterocycles. The number of ether oxygens (including phenoxy) is 1. The second kappa shape index (κ2) is 5.61. The Hall–Kier alpha value is -2.56. The van der Waals surface area contributed by atoms with Crippen molar-refractivity contribution in [2.24, 2.45) is 0 Å². The van der Waals surface area contributed by atoms with Crippen LogP contribution in [0.1, 0.15) is 18.0 Å². The number of nitrogens with zero attached hydrogens (tertiary/aromatic N) is 1. The highest BCUT2D eigenvalue weighted by molar-refractivity contribution is 5.89. The van der Waals surface area contributed by atoms with Crippen molar-refractivity contribution >= 4 is 11.7 Å². The number of anilines is 1. The van der Waals surface area contributed by atoms with Gasteiger partial charge in [0, 0.05) is 30.1 Å². The van der Waals surface area contributed by atoms with Crippen LogP contribution in [-0.2, 0) is 0 Å². The first-order valence-corrected chi connectivity index (χ1v) is 6.52. The minimum atomic E-state index is -0.224. The Morgan fingerprint density at radius 3 is 2.85 bits per heavy atom. The fourth-order valence-corrected chi connectivity index (χ4v) is 2.25. The number of para-hydroxylation sites is 1. The quantitative estimate of drug-likeness (QED) is 0.881. The smallest absolute Gasteiger partial charge is 0.319 e. The molecule has 1 aromatic heterocycles. The fourth-order valence-electron chi connectivity index (χ4n) is 2.25. The largest absolute Gasteiger partial charge is 0.493 e. The van der Waals surface area contributed by atoms with E-state index >= 15 is 0 Å². The van der Waals surface area contributed by atoms with Crippen molar-refractivity contribution in [3.63, 3.8) is 0 Å². The van der Waals surface area contributed by atoms with Gasteiger partial charge in [0.25, 0.3) is 0 Å². The summed E-state index contributed by atoms with van der Waals surface area (Å²) in [5.74, 6) is 0.841. The first-order valence-electron chi connectivity index (χ1n) is 6.52. The van der Waals surface area contributed by atoms with Crippen LogP contribution < -0.4 is 15.4 Å². The third-order valence-corrected chi connectivity index (χ3v) is 3.20. The predicted octanol–water partition coefficient (Wildman–Crippen LogP) is 2.73. The van der Waals surface area contributed by atoms with Crippen LogP contribution in [0.15, 0.2) is 48.8 Å². The van der Waals surface area contributed by atoms with E-state index in [4.69, 9.17) is 4.74 Å². The van der Waals surface area contributed by atoms with Crippen LogP contribution in [-0.4, -0.2) is 17.6 Å². The lowest BCUT2D eigenvalue weighted by atomic mass is 10.0. The lowest BCUT2D eigenvalue weighted by molar-refractivity contribution is 0.232. The molecule has 0 saturated carbocycles. The summed E-state index contributed by atoms with van der Waals surface area (Å²) in [5, 5.41) is 5.76. The van der Waals surface area contributed by atoms with Gasteiger partial charge in [0.1, 0.15) is 5.75 Å². The van der Waals surface area contributed by atoms with Gasteiger partial charge in [-0.15, -0.1) is 0 Å². The van der Waals surface area contributed by atoms with Crippen LogP contribution in [0.4, 0.5) is 10.5 Å². The number of nitrogens with one attached hydrogen (secondary N) is 2. The molecule has 3 rings (SSSR count). The molecule has 2 aromatic rings.